The highest BCUT2D eigenvalue weighted by atomic mass is 15.3. The average molecular weight is 202 g/mol. The largest absolute Gasteiger partial charge is 0.355 e. The van der Waals surface area contributed by atoms with Crippen LogP contribution in [-0.2, 0) is 0 Å². The second-order valence-electron chi connectivity index (χ2n) is 4.06. The van der Waals surface area contributed by atoms with Crippen LogP contribution < -0.4 is 4.90 Å². The Morgan fingerprint density at radius 2 is 2.07 bits per heavy atom. The number of nitrogens with zero attached hydrogens (tertiary/aromatic N) is 4. The van der Waals surface area contributed by atoms with Crippen molar-refractivity contribution in [1.82, 2.24) is 14.6 Å². The van der Waals surface area contributed by atoms with Crippen molar-refractivity contribution in [3.63, 3.8) is 0 Å². The summed E-state index contributed by atoms with van der Waals surface area (Å²) in [5.41, 5.74) is 2.17. The van der Waals surface area contributed by atoms with Crippen LogP contribution in [0.1, 0.15) is 18.5 Å². The topological polar surface area (TPSA) is 33.4 Å². The fraction of sp³-hybridized carbons (Fsp3) is 0.455. The molecule has 4 nitrogen and oxygen atoms in total. The summed E-state index contributed by atoms with van der Waals surface area (Å²) in [5, 5.41) is 4.40. The van der Waals surface area contributed by atoms with Gasteiger partial charge in [0.15, 0.2) is 5.82 Å². The van der Waals surface area contributed by atoms with Crippen LogP contribution in [0.3, 0.4) is 0 Å². The predicted octanol–water partition coefficient (Wildman–Crippen LogP) is 1.64. The first kappa shape index (κ1) is 8.71. The van der Waals surface area contributed by atoms with E-state index < -0.39 is 0 Å². The Balaban J connectivity index is 2.16. The van der Waals surface area contributed by atoms with E-state index in [4.69, 9.17) is 0 Å². The lowest BCUT2D eigenvalue weighted by atomic mass is 10.4. The first-order valence-electron chi connectivity index (χ1n) is 5.40. The number of hydrogen-bond acceptors (Lipinski definition) is 3. The number of rotatable bonds is 1. The van der Waals surface area contributed by atoms with Gasteiger partial charge in [0.05, 0.1) is 5.69 Å². The third-order valence-electron chi connectivity index (χ3n) is 2.90. The third-order valence-corrected chi connectivity index (χ3v) is 2.90. The summed E-state index contributed by atoms with van der Waals surface area (Å²) < 4.78 is 1.91. The second-order valence-corrected chi connectivity index (χ2v) is 4.06. The van der Waals surface area contributed by atoms with Gasteiger partial charge in [0.2, 0.25) is 0 Å². The number of aromatic nitrogens is 3. The molecule has 1 fully saturated rings. The molecule has 2 aromatic rings. The number of fused-ring (bicyclic) bond motifs is 1. The lowest BCUT2D eigenvalue weighted by Gasteiger charge is -2.16. The summed E-state index contributed by atoms with van der Waals surface area (Å²) in [5.74, 6) is 1.08. The Morgan fingerprint density at radius 3 is 2.87 bits per heavy atom. The first-order chi connectivity index (χ1) is 7.34. The minimum absolute atomic E-state index is 1.04. The number of hydrogen-bond donors (Lipinski definition) is 0. The molecule has 1 saturated heterocycles. The van der Waals surface area contributed by atoms with Gasteiger partial charge in [0.1, 0.15) is 5.52 Å². The van der Waals surface area contributed by atoms with Crippen LogP contribution in [0.4, 0.5) is 5.82 Å². The maximum atomic E-state index is 4.47. The van der Waals surface area contributed by atoms with Crippen LogP contribution in [0.25, 0.3) is 5.52 Å². The van der Waals surface area contributed by atoms with E-state index in [-0.39, 0.29) is 0 Å². The van der Waals surface area contributed by atoms with E-state index >= 15 is 0 Å². The molecule has 0 spiro atoms. The molecule has 0 aromatic carbocycles. The van der Waals surface area contributed by atoms with Gasteiger partial charge in [-0.2, -0.15) is 5.10 Å². The monoisotopic (exact) mass is 202 g/mol. The van der Waals surface area contributed by atoms with Crippen molar-refractivity contribution in [3.05, 3.63) is 24.2 Å². The van der Waals surface area contributed by atoms with Crippen LogP contribution in [0.2, 0.25) is 0 Å². The molecule has 3 heterocycles. The quantitative estimate of drug-likeness (QED) is 0.705. The molecule has 0 aliphatic carbocycles. The third kappa shape index (κ3) is 1.37. The van der Waals surface area contributed by atoms with E-state index in [2.05, 4.69) is 21.0 Å². The van der Waals surface area contributed by atoms with Crippen molar-refractivity contribution in [3.8, 4) is 0 Å². The molecular weight excluding hydrogens is 188 g/mol. The molecule has 0 radical (unpaired) electrons. The molecule has 0 bridgehead atoms. The summed E-state index contributed by atoms with van der Waals surface area (Å²) >= 11 is 0. The maximum absolute atomic E-state index is 4.47. The lowest BCUT2D eigenvalue weighted by Crippen LogP contribution is -2.19. The van der Waals surface area contributed by atoms with Gasteiger partial charge >= 0.3 is 0 Å². The van der Waals surface area contributed by atoms with Gasteiger partial charge in [-0.05, 0) is 25.8 Å². The number of anilines is 1. The molecule has 15 heavy (non-hydrogen) atoms. The molecule has 1 aliphatic rings. The standard InChI is InChI=1S/C11H14N4/c1-9-8-10-11(14-5-2-3-6-14)12-4-7-15(10)13-9/h4,7-8H,2-3,5-6H2,1H3. The zero-order valence-electron chi connectivity index (χ0n) is 8.85. The minimum Gasteiger partial charge on any atom is -0.355 e. The van der Waals surface area contributed by atoms with E-state index in [0.29, 0.717) is 0 Å². The number of aryl methyl sites for hydroxylation is 1. The van der Waals surface area contributed by atoms with Gasteiger partial charge in [0.25, 0.3) is 0 Å². The van der Waals surface area contributed by atoms with E-state index in [1.807, 2.05) is 23.8 Å². The Labute approximate surface area is 88.5 Å². The molecule has 78 valence electrons. The molecule has 0 atom stereocenters. The molecule has 0 N–H and O–H groups in total. The highest BCUT2D eigenvalue weighted by Crippen LogP contribution is 2.22. The Morgan fingerprint density at radius 1 is 1.27 bits per heavy atom. The molecule has 0 saturated carbocycles. The van der Waals surface area contributed by atoms with Crippen molar-refractivity contribution in [2.75, 3.05) is 18.0 Å². The highest BCUT2D eigenvalue weighted by molar-refractivity contribution is 5.69. The zero-order valence-corrected chi connectivity index (χ0v) is 8.85. The first-order valence-corrected chi connectivity index (χ1v) is 5.40. The molecule has 4 heteroatoms. The maximum Gasteiger partial charge on any atom is 0.154 e. The molecule has 0 amide bonds. The summed E-state index contributed by atoms with van der Waals surface area (Å²) in [6.45, 7) is 4.26. The fourth-order valence-corrected chi connectivity index (χ4v) is 2.20. The van der Waals surface area contributed by atoms with Crippen LogP contribution in [0, 0.1) is 6.92 Å². The summed E-state index contributed by atoms with van der Waals surface area (Å²) in [6.07, 6.45) is 6.28. The van der Waals surface area contributed by atoms with E-state index in [0.717, 1.165) is 30.1 Å². The fourth-order valence-electron chi connectivity index (χ4n) is 2.20. The molecular formula is C11H14N4. The van der Waals surface area contributed by atoms with Gasteiger partial charge in [-0.3, -0.25) is 0 Å². The zero-order chi connectivity index (χ0) is 10.3. The van der Waals surface area contributed by atoms with Gasteiger partial charge in [-0.15, -0.1) is 0 Å². The second kappa shape index (κ2) is 3.22. The Bertz CT molecular complexity index is 482. The van der Waals surface area contributed by atoms with Crippen LogP contribution in [-0.4, -0.2) is 27.7 Å². The lowest BCUT2D eigenvalue weighted by molar-refractivity contribution is 0.889. The van der Waals surface area contributed by atoms with Crippen molar-refractivity contribution in [2.45, 2.75) is 19.8 Å². The summed E-state index contributed by atoms with van der Waals surface area (Å²) in [6, 6.07) is 2.10. The van der Waals surface area contributed by atoms with Crippen molar-refractivity contribution in [1.29, 1.82) is 0 Å². The van der Waals surface area contributed by atoms with Crippen molar-refractivity contribution in [2.24, 2.45) is 0 Å². The van der Waals surface area contributed by atoms with E-state index in [1.54, 1.807) is 0 Å². The minimum atomic E-state index is 1.04. The normalized spacial score (nSPS) is 16.5. The molecule has 2 aromatic heterocycles. The van der Waals surface area contributed by atoms with Gasteiger partial charge in [0, 0.05) is 25.5 Å². The van der Waals surface area contributed by atoms with Crippen LogP contribution >= 0.6 is 0 Å². The smallest absolute Gasteiger partial charge is 0.154 e. The van der Waals surface area contributed by atoms with Crippen LogP contribution in [0.5, 0.6) is 0 Å². The van der Waals surface area contributed by atoms with E-state index in [1.165, 1.54) is 12.8 Å². The van der Waals surface area contributed by atoms with Gasteiger partial charge < -0.3 is 4.90 Å². The summed E-state index contributed by atoms with van der Waals surface area (Å²) in [4.78, 5) is 6.81. The molecule has 0 unspecified atom stereocenters. The predicted molar refractivity (Wildman–Crippen MR) is 59.2 cm³/mol. The Hall–Kier alpha value is -1.58. The SMILES string of the molecule is Cc1cc2c(N3CCCC3)nccn2n1. The summed E-state index contributed by atoms with van der Waals surface area (Å²) in [7, 11) is 0. The van der Waals surface area contributed by atoms with Gasteiger partial charge in [-0.1, -0.05) is 0 Å². The van der Waals surface area contributed by atoms with Gasteiger partial charge in [-0.25, -0.2) is 9.50 Å². The highest BCUT2D eigenvalue weighted by Gasteiger charge is 2.16. The van der Waals surface area contributed by atoms with E-state index in [9.17, 15) is 0 Å². The molecule has 3 rings (SSSR count). The van der Waals surface area contributed by atoms with Crippen molar-refractivity contribution >= 4 is 11.3 Å². The van der Waals surface area contributed by atoms with Crippen LogP contribution in [0.15, 0.2) is 18.5 Å². The Kier molecular flexibility index (Phi) is 1.87. The average Bonchev–Trinajstić information content (AvgIpc) is 2.82. The van der Waals surface area contributed by atoms with Crippen molar-refractivity contribution < 1.29 is 0 Å². The molecule has 1 aliphatic heterocycles.